The smallest absolute Gasteiger partial charge is 0.160 e. The van der Waals surface area contributed by atoms with Crippen LogP contribution in [-0.4, -0.2) is 28.7 Å². The number of carbonyl (C=O) groups is 1. The van der Waals surface area contributed by atoms with Crippen LogP contribution >= 0.6 is 0 Å². The Hall–Kier alpha value is -2.99. The normalized spacial score (nSPS) is 19.3. The van der Waals surface area contributed by atoms with Crippen molar-refractivity contribution in [2.45, 2.75) is 25.4 Å². The Morgan fingerprint density at radius 3 is 2.88 bits per heavy atom. The minimum absolute atomic E-state index is 0.0472. The number of hydrogen-bond donors (Lipinski definition) is 3. The zero-order chi connectivity index (χ0) is 18.3. The number of quaternary nitrogens is 1. The van der Waals surface area contributed by atoms with E-state index < -0.39 is 12.0 Å². The van der Waals surface area contributed by atoms with E-state index in [1.54, 1.807) is 17.4 Å². The van der Waals surface area contributed by atoms with Gasteiger partial charge in [-0.15, -0.1) is 0 Å². The highest BCUT2D eigenvalue weighted by molar-refractivity contribution is 5.86. The van der Waals surface area contributed by atoms with Crippen molar-refractivity contribution in [3.05, 3.63) is 59.3 Å². The summed E-state index contributed by atoms with van der Waals surface area (Å²) in [6, 6.07) is 12.1. The second kappa shape index (κ2) is 6.38. The number of carbonyl (C=O) groups excluding carboxylic acids is 1. The summed E-state index contributed by atoms with van der Waals surface area (Å²) in [5.41, 5.74) is 3.75. The maximum absolute atomic E-state index is 11.6. The number of aliphatic carboxylic acids is 1. The van der Waals surface area contributed by atoms with Crippen LogP contribution in [0.25, 0.3) is 10.9 Å². The van der Waals surface area contributed by atoms with Gasteiger partial charge in [-0.05, 0) is 36.8 Å². The molecule has 0 aliphatic carbocycles. The van der Waals surface area contributed by atoms with Gasteiger partial charge in [0.2, 0.25) is 0 Å². The molecular weight excluding hydrogens is 332 g/mol. The molecule has 26 heavy (non-hydrogen) atoms. The third kappa shape index (κ3) is 2.68. The summed E-state index contributed by atoms with van der Waals surface area (Å²) in [5, 5.41) is 24.6. The third-order valence-electron chi connectivity index (χ3n) is 4.95. The lowest BCUT2D eigenvalue weighted by molar-refractivity contribution is -0.717. The molecule has 6 heteroatoms. The maximum atomic E-state index is 11.6. The third-order valence-corrected chi connectivity index (χ3v) is 4.95. The molecule has 0 bridgehead atoms. The van der Waals surface area contributed by atoms with E-state index in [9.17, 15) is 15.0 Å². The number of aromatic nitrogens is 1. The number of nitrogens with two attached hydrogens (primary N) is 1. The number of nitrogens with one attached hydrogen (secondary N) is 1. The van der Waals surface area contributed by atoms with Crippen LogP contribution < -0.4 is 15.2 Å². The van der Waals surface area contributed by atoms with E-state index in [1.807, 2.05) is 37.3 Å². The largest absolute Gasteiger partial charge is 0.544 e. The first kappa shape index (κ1) is 16.5. The molecule has 3 aromatic rings. The van der Waals surface area contributed by atoms with Crippen LogP contribution in [0.15, 0.2) is 42.5 Å². The first-order valence-corrected chi connectivity index (χ1v) is 8.69. The van der Waals surface area contributed by atoms with Gasteiger partial charge < -0.3 is 30.0 Å². The van der Waals surface area contributed by atoms with Crippen LogP contribution in [0, 0.1) is 0 Å². The van der Waals surface area contributed by atoms with E-state index in [0.717, 1.165) is 27.7 Å². The Bertz CT molecular complexity index is 979. The molecule has 2 aromatic carbocycles. The van der Waals surface area contributed by atoms with Gasteiger partial charge in [0.05, 0.1) is 18.3 Å². The fourth-order valence-electron chi connectivity index (χ4n) is 3.77. The molecule has 0 fully saturated rings. The standard InChI is InChI=1S/C20H20N2O4/c1-2-26-17-8-7-11(9-16(17)23)18-19-13(10-15(22-18)20(24)25)12-5-3-4-6-14(12)21-19/h3-9,15,18,21-23H,2,10H2,1H3,(H,24,25)/t15-,18-/m0/s1. The van der Waals surface area contributed by atoms with Crippen LogP contribution in [-0.2, 0) is 11.2 Å². The van der Waals surface area contributed by atoms with E-state index in [4.69, 9.17) is 4.74 Å². The molecule has 0 saturated heterocycles. The Balaban J connectivity index is 1.83. The zero-order valence-electron chi connectivity index (χ0n) is 14.4. The molecule has 4 rings (SSSR count). The number of aromatic amines is 1. The average Bonchev–Trinajstić information content (AvgIpc) is 3.01. The number of phenols is 1. The van der Waals surface area contributed by atoms with Crippen molar-refractivity contribution in [3.63, 3.8) is 0 Å². The Kier molecular flexibility index (Phi) is 4.05. The van der Waals surface area contributed by atoms with E-state index >= 15 is 0 Å². The van der Waals surface area contributed by atoms with Gasteiger partial charge in [-0.1, -0.05) is 18.2 Å². The molecular formula is C20H20N2O4. The molecule has 0 amide bonds. The second-order valence-electron chi connectivity index (χ2n) is 6.52. The Morgan fingerprint density at radius 1 is 1.35 bits per heavy atom. The van der Waals surface area contributed by atoms with Crippen molar-refractivity contribution in [1.82, 2.24) is 4.98 Å². The molecule has 134 valence electrons. The summed E-state index contributed by atoms with van der Waals surface area (Å²) in [4.78, 5) is 15.0. The van der Waals surface area contributed by atoms with Crippen LogP contribution in [0.5, 0.6) is 11.5 Å². The van der Waals surface area contributed by atoms with Gasteiger partial charge in [0.25, 0.3) is 0 Å². The second-order valence-corrected chi connectivity index (χ2v) is 6.52. The van der Waals surface area contributed by atoms with Gasteiger partial charge in [-0.2, -0.15) is 0 Å². The Labute approximate surface area is 150 Å². The van der Waals surface area contributed by atoms with Crippen molar-refractivity contribution in [3.8, 4) is 11.5 Å². The quantitative estimate of drug-likeness (QED) is 0.640. The van der Waals surface area contributed by atoms with Gasteiger partial charge in [-0.3, -0.25) is 0 Å². The Morgan fingerprint density at radius 2 is 2.15 bits per heavy atom. The zero-order valence-corrected chi connectivity index (χ0v) is 14.4. The van der Waals surface area contributed by atoms with E-state index in [0.29, 0.717) is 18.8 Å². The lowest BCUT2D eigenvalue weighted by Crippen LogP contribution is -2.95. The SMILES string of the molecule is CCOc1ccc([C@@H]2[NH2+][C@H](C(=O)[O-])Cc3c2[nH]c2ccccc32)cc1O. The molecule has 2 heterocycles. The van der Waals surface area contributed by atoms with E-state index in [2.05, 4.69) is 4.98 Å². The summed E-state index contributed by atoms with van der Waals surface area (Å²) in [6.07, 6.45) is 0.404. The van der Waals surface area contributed by atoms with Gasteiger partial charge >= 0.3 is 0 Å². The predicted octanol–water partition coefficient (Wildman–Crippen LogP) is 0.600. The van der Waals surface area contributed by atoms with Crippen LogP contribution in [0.2, 0.25) is 0 Å². The molecule has 1 aromatic heterocycles. The summed E-state index contributed by atoms with van der Waals surface area (Å²) >= 11 is 0. The molecule has 1 aliphatic heterocycles. The minimum atomic E-state index is -1.08. The average molecular weight is 352 g/mol. The van der Waals surface area contributed by atoms with Crippen molar-refractivity contribution in [2.24, 2.45) is 0 Å². The number of para-hydroxylation sites is 1. The highest BCUT2D eigenvalue weighted by Crippen LogP contribution is 2.35. The molecule has 1 aliphatic rings. The highest BCUT2D eigenvalue weighted by Gasteiger charge is 2.35. The topological polar surface area (TPSA) is 102 Å². The van der Waals surface area contributed by atoms with Crippen LogP contribution in [0.4, 0.5) is 0 Å². The summed E-state index contributed by atoms with van der Waals surface area (Å²) < 4.78 is 5.38. The number of carboxylic acids is 1. The number of ether oxygens (including phenoxy) is 1. The van der Waals surface area contributed by atoms with Crippen LogP contribution in [0.3, 0.4) is 0 Å². The fraction of sp³-hybridized carbons (Fsp3) is 0.250. The number of fused-ring (bicyclic) bond motifs is 3. The van der Waals surface area contributed by atoms with Crippen molar-refractivity contribution in [1.29, 1.82) is 0 Å². The lowest BCUT2D eigenvalue weighted by Gasteiger charge is -2.29. The van der Waals surface area contributed by atoms with E-state index in [1.165, 1.54) is 0 Å². The van der Waals surface area contributed by atoms with E-state index in [-0.39, 0.29) is 11.8 Å². The highest BCUT2D eigenvalue weighted by atomic mass is 16.5. The molecule has 4 N–H and O–H groups in total. The van der Waals surface area contributed by atoms with Gasteiger partial charge in [-0.25, -0.2) is 0 Å². The summed E-state index contributed by atoms with van der Waals surface area (Å²) in [5.74, 6) is -0.618. The van der Waals surface area contributed by atoms with Gasteiger partial charge in [0, 0.05) is 22.9 Å². The maximum Gasteiger partial charge on any atom is 0.160 e. The molecule has 6 nitrogen and oxygen atoms in total. The number of benzene rings is 2. The molecule has 0 saturated carbocycles. The number of carboxylic acid groups (broad SMARTS) is 1. The number of aromatic hydroxyl groups is 1. The number of hydrogen-bond acceptors (Lipinski definition) is 4. The number of phenolic OH excluding ortho intramolecular Hbond substituents is 1. The fourth-order valence-corrected chi connectivity index (χ4v) is 3.77. The summed E-state index contributed by atoms with van der Waals surface area (Å²) in [7, 11) is 0. The first-order chi connectivity index (χ1) is 12.6. The van der Waals surface area contributed by atoms with Gasteiger partial charge in [0.1, 0.15) is 6.04 Å². The van der Waals surface area contributed by atoms with Crippen LogP contribution in [0.1, 0.15) is 29.8 Å². The number of rotatable bonds is 4. The number of H-pyrrole nitrogens is 1. The summed E-state index contributed by atoms with van der Waals surface area (Å²) in [6.45, 7) is 2.31. The molecule has 0 spiro atoms. The molecule has 0 radical (unpaired) electrons. The monoisotopic (exact) mass is 352 g/mol. The lowest BCUT2D eigenvalue weighted by atomic mass is 9.90. The molecule has 2 atom stereocenters. The van der Waals surface area contributed by atoms with Crippen molar-refractivity contribution in [2.75, 3.05) is 6.61 Å². The first-order valence-electron chi connectivity index (χ1n) is 8.69. The van der Waals surface area contributed by atoms with Crippen molar-refractivity contribution >= 4 is 16.9 Å². The predicted molar refractivity (Wildman–Crippen MR) is 93.8 cm³/mol. The van der Waals surface area contributed by atoms with Gasteiger partial charge in [0.15, 0.2) is 17.5 Å². The molecule has 0 unspecified atom stereocenters. The minimum Gasteiger partial charge on any atom is -0.544 e. The van der Waals surface area contributed by atoms with Crippen molar-refractivity contribution < 1.29 is 25.1 Å².